The number of aliphatic carboxylic acids is 1. The van der Waals surface area contributed by atoms with Crippen LogP contribution in [0.3, 0.4) is 0 Å². The van der Waals surface area contributed by atoms with Gasteiger partial charge in [-0.25, -0.2) is 0 Å². The third-order valence-corrected chi connectivity index (χ3v) is 3.03. The van der Waals surface area contributed by atoms with Crippen LogP contribution in [0.2, 0.25) is 0 Å². The molecule has 3 nitrogen and oxygen atoms in total. The van der Waals surface area contributed by atoms with Gasteiger partial charge in [0.05, 0.1) is 12.5 Å². The Bertz CT molecular complexity index is 412. The zero-order valence-electron chi connectivity index (χ0n) is 9.56. The highest BCUT2D eigenvalue weighted by Gasteiger charge is 2.44. The van der Waals surface area contributed by atoms with Crippen LogP contribution in [0.1, 0.15) is 30.4 Å². The average Bonchev–Trinajstić information content (AvgIpc) is 3.01. The SMILES string of the molecule is CCOc1ccc(C2CC2C(=O)O)cc1C. The minimum atomic E-state index is -0.684. The van der Waals surface area contributed by atoms with Crippen LogP contribution in [0.25, 0.3) is 0 Å². The Kier molecular flexibility index (Phi) is 2.86. The molecular weight excluding hydrogens is 204 g/mol. The molecule has 1 aromatic carbocycles. The Hall–Kier alpha value is -1.51. The van der Waals surface area contributed by atoms with Gasteiger partial charge in [-0.3, -0.25) is 4.79 Å². The molecule has 16 heavy (non-hydrogen) atoms. The highest BCUT2D eigenvalue weighted by molar-refractivity contribution is 5.75. The van der Waals surface area contributed by atoms with E-state index in [0.717, 1.165) is 23.3 Å². The van der Waals surface area contributed by atoms with Crippen LogP contribution in [0.5, 0.6) is 5.75 Å². The predicted molar refractivity (Wildman–Crippen MR) is 60.8 cm³/mol. The van der Waals surface area contributed by atoms with Gasteiger partial charge in [0.15, 0.2) is 0 Å². The number of rotatable bonds is 4. The van der Waals surface area contributed by atoms with Crippen LogP contribution in [0.4, 0.5) is 0 Å². The van der Waals surface area contributed by atoms with Gasteiger partial charge in [-0.2, -0.15) is 0 Å². The fourth-order valence-corrected chi connectivity index (χ4v) is 2.06. The van der Waals surface area contributed by atoms with E-state index in [1.165, 1.54) is 0 Å². The molecule has 0 saturated heterocycles. The lowest BCUT2D eigenvalue weighted by atomic mass is 10.1. The molecule has 0 heterocycles. The van der Waals surface area contributed by atoms with Crippen molar-refractivity contribution in [1.29, 1.82) is 0 Å². The minimum absolute atomic E-state index is 0.183. The summed E-state index contributed by atoms with van der Waals surface area (Å²) in [5.41, 5.74) is 2.20. The van der Waals surface area contributed by atoms with E-state index in [4.69, 9.17) is 9.84 Å². The number of benzene rings is 1. The standard InChI is InChI=1S/C13H16O3/c1-3-16-12-5-4-9(6-8(12)2)10-7-11(10)13(14)15/h4-6,10-11H,3,7H2,1-2H3,(H,14,15). The Morgan fingerprint density at radius 2 is 2.31 bits per heavy atom. The van der Waals surface area contributed by atoms with Gasteiger partial charge in [0, 0.05) is 0 Å². The lowest BCUT2D eigenvalue weighted by Crippen LogP contribution is -1.99. The van der Waals surface area contributed by atoms with Crippen molar-refractivity contribution in [3.8, 4) is 5.75 Å². The van der Waals surface area contributed by atoms with E-state index < -0.39 is 5.97 Å². The number of ether oxygens (including phenoxy) is 1. The van der Waals surface area contributed by atoms with E-state index in [-0.39, 0.29) is 11.8 Å². The summed E-state index contributed by atoms with van der Waals surface area (Å²) < 4.78 is 5.45. The Balaban J connectivity index is 2.13. The molecule has 2 unspecified atom stereocenters. The predicted octanol–water partition coefficient (Wildman–Crippen LogP) is 2.58. The maximum Gasteiger partial charge on any atom is 0.307 e. The minimum Gasteiger partial charge on any atom is -0.494 e. The Morgan fingerprint density at radius 1 is 1.56 bits per heavy atom. The molecule has 1 N–H and O–H groups in total. The Morgan fingerprint density at radius 3 is 2.81 bits per heavy atom. The first-order chi connectivity index (χ1) is 7.63. The second-order valence-corrected chi connectivity index (χ2v) is 4.24. The van der Waals surface area contributed by atoms with Gasteiger partial charge >= 0.3 is 5.97 Å². The quantitative estimate of drug-likeness (QED) is 0.848. The first-order valence-electron chi connectivity index (χ1n) is 5.59. The van der Waals surface area contributed by atoms with Crippen molar-refractivity contribution >= 4 is 5.97 Å². The molecule has 0 bridgehead atoms. The largest absolute Gasteiger partial charge is 0.494 e. The van der Waals surface area contributed by atoms with Crippen molar-refractivity contribution in [2.24, 2.45) is 5.92 Å². The number of carboxylic acid groups (broad SMARTS) is 1. The third-order valence-electron chi connectivity index (χ3n) is 3.03. The van der Waals surface area contributed by atoms with Crippen molar-refractivity contribution in [3.63, 3.8) is 0 Å². The van der Waals surface area contributed by atoms with Crippen molar-refractivity contribution in [2.45, 2.75) is 26.2 Å². The highest BCUT2D eigenvalue weighted by Crippen LogP contribution is 2.48. The summed E-state index contributed by atoms with van der Waals surface area (Å²) in [7, 11) is 0. The zero-order chi connectivity index (χ0) is 11.7. The lowest BCUT2D eigenvalue weighted by Gasteiger charge is -2.08. The summed E-state index contributed by atoms with van der Waals surface area (Å²) in [4.78, 5) is 10.8. The molecule has 1 aromatic rings. The van der Waals surface area contributed by atoms with Gasteiger partial charge in [-0.15, -0.1) is 0 Å². The van der Waals surface area contributed by atoms with Gasteiger partial charge < -0.3 is 9.84 Å². The molecule has 1 aliphatic rings. The van der Waals surface area contributed by atoms with Crippen LogP contribution < -0.4 is 4.74 Å². The normalized spacial score (nSPS) is 22.9. The van der Waals surface area contributed by atoms with Crippen LogP contribution in [-0.2, 0) is 4.79 Å². The summed E-state index contributed by atoms with van der Waals surface area (Å²) >= 11 is 0. The molecule has 0 radical (unpaired) electrons. The van der Waals surface area contributed by atoms with Gasteiger partial charge in [0.25, 0.3) is 0 Å². The summed E-state index contributed by atoms with van der Waals surface area (Å²) in [5.74, 6) is 0.222. The maximum absolute atomic E-state index is 10.8. The molecule has 86 valence electrons. The van der Waals surface area contributed by atoms with Crippen LogP contribution in [0, 0.1) is 12.8 Å². The van der Waals surface area contributed by atoms with Gasteiger partial charge in [-0.1, -0.05) is 12.1 Å². The van der Waals surface area contributed by atoms with E-state index in [2.05, 4.69) is 0 Å². The topological polar surface area (TPSA) is 46.5 Å². The summed E-state index contributed by atoms with van der Waals surface area (Å²) in [6.07, 6.45) is 0.767. The van der Waals surface area contributed by atoms with E-state index in [1.807, 2.05) is 32.0 Å². The molecule has 1 saturated carbocycles. The maximum atomic E-state index is 10.8. The first kappa shape index (κ1) is 11.0. The van der Waals surface area contributed by atoms with Crippen LogP contribution in [-0.4, -0.2) is 17.7 Å². The van der Waals surface area contributed by atoms with E-state index in [0.29, 0.717) is 6.61 Å². The fraction of sp³-hybridized carbons (Fsp3) is 0.462. The molecule has 1 aliphatic carbocycles. The summed E-state index contributed by atoms with van der Waals surface area (Å²) in [5, 5.41) is 8.87. The second-order valence-electron chi connectivity index (χ2n) is 4.24. The van der Waals surface area contributed by atoms with Gasteiger partial charge in [0.1, 0.15) is 5.75 Å². The first-order valence-corrected chi connectivity index (χ1v) is 5.59. The number of hydrogen-bond donors (Lipinski definition) is 1. The summed E-state index contributed by atoms with van der Waals surface area (Å²) in [6.45, 7) is 4.60. The average molecular weight is 220 g/mol. The number of carboxylic acids is 1. The van der Waals surface area contributed by atoms with Crippen LogP contribution in [0.15, 0.2) is 18.2 Å². The molecule has 0 amide bonds. The van der Waals surface area contributed by atoms with Crippen LogP contribution >= 0.6 is 0 Å². The monoisotopic (exact) mass is 220 g/mol. The molecule has 2 atom stereocenters. The number of aryl methyl sites for hydroxylation is 1. The van der Waals surface area contributed by atoms with E-state index in [9.17, 15) is 4.79 Å². The van der Waals surface area contributed by atoms with Gasteiger partial charge in [-0.05, 0) is 43.4 Å². The molecule has 2 rings (SSSR count). The van der Waals surface area contributed by atoms with Crippen molar-refractivity contribution in [1.82, 2.24) is 0 Å². The van der Waals surface area contributed by atoms with Crippen molar-refractivity contribution in [2.75, 3.05) is 6.61 Å². The molecule has 0 spiro atoms. The number of hydrogen-bond acceptors (Lipinski definition) is 2. The van der Waals surface area contributed by atoms with Crippen molar-refractivity contribution < 1.29 is 14.6 Å². The fourth-order valence-electron chi connectivity index (χ4n) is 2.06. The van der Waals surface area contributed by atoms with E-state index >= 15 is 0 Å². The molecule has 0 aromatic heterocycles. The van der Waals surface area contributed by atoms with Crippen molar-refractivity contribution in [3.05, 3.63) is 29.3 Å². The summed E-state index contributed by atoms with van der Waals surface area (Å²) in [6, 6.07) is 5.95. The molecule has 3 heteroatoms. The third kappa shape index (κ3) is 2.03. The van der Waals surface area contributed by atoms with Gasteiger partial charge in [0.2, 0.25) is 0 Å². The smallest absolute Gasteiger partial charge is 0.307 e. The second kappa shape index (κ2) is 4.16. The molecule has 0 aliphatic heterocycles. The highest BCUT2D eigenvalue weighted by atomic mass is 16.5. The molecular formula is C13H16O3. The number of carbonyl (C=O) groups is 1. The molecule has 1 fully saturated rings. The lowest BCUT2D eigenvalue weighted by molar-refractivity contribution is -0.138. The Labute approximate surface area is 95.0 Å². The zero-order valence-corrected chi connectivity index (χ0v) is 9.56. The van der Waals surface area contributed by atoms with E-state index in [1.54, 1.807) is 0 Å².